The molecular weight excluding hydrogens is 338 g/mol. The van der Waals surface area contributed by atoms with Crippen LogP contribution in [0.4, 0.5) is 5.69 Å². The number of amides is 1. The second-order valence-corrected chi connectivity index (χ2v) is 5.84. The third kappa shape index (κ3) is 3.22. The van der Waals surface area contributed by atoms with Gasteiger partial charge in [-0.2, -0.15) is 0 Å². The Morgan fingerprint density at radius 1 is 1.08 bits per heavy atom. The number of fused-ring (bicyclic) bond motifs is 1. The Kier molecular flexibility index (Phi) is 3.91. The van der Waals surface area contributed by atoms with E-state index in [1.807, 2.05) is 12.1 Å². The predicted octanol–water partition coefficient (Wildman–Crippen LogP) is 4.80. The number of oxazole rings is 1. The zero-order valence-electron chi connectivity index (χ0n) is 12.9. The van der Waals surface area contributed by atoms with Gasteiger partial charge in [0, 0.05) is 28.7 Å². The van der Waals surface area contributed by atoms with Crippen molar-refractivity contribution in [2.45, 2.75) is 0 Å². The van der Waals surface area contributed by atoms with Gasteiger partial charge in [0.25, 0.3) is 5.91 Å². The van der Waals surface area contributed by atoms with Crippen molar-refractivity contribution < 1.29 is 9.21 Å². The molecule has 0 saturated carbocycles. The van der Waals surface area contributed by atoms with Gasteiger partial charge in [-0.1, -0.05) is 17.7 Å². The van der Waals surface area contributed by atoms with Crippen LogP contribution in [0.5, 0.6) is 0 Å². The van der Waals surface area contributed by atoms with Crippen LogP contribution in [-0.4, -0.2) is 15.9 Å². The van der Waals surface area contributed by atoms with Crippen molar-refractivity contribution in [2.24, 2.45) is 0 Å². The molecule has 0 radical (unpaired) electrons. The molecule has 4 aromatic rings. The van der Waals surface area contributed by atoms with Crippen LogP contribution in [0.3, 0.4) is 0 Å². The van der Waals surface area contributed by atoms with Crippen LogP contribution in [0.15, 0.2) is 71.4 Å². The lowest BCUT2D eigenvalue weighted by molar-refractivity contribution is 0.102. The zero-order valence-corrected chi connectivity index (χ0v) is 13.7. The summed E-state index contributed by atoms with van der Waals surface area (Å²) in [6.07, 6.45) is 3.14. The van der Waals surface area contributed by atoms with E-state index in [2.05, 4.69) is 15.3 Å². The molecule has 0 unspecified atom stereocenters. The van der Waals surface area contributed by atoms with E-state index in [0.717, 1.165) is 5.56 Å². The van der Waals surface area contributed by atoms with Gasteiger partial charge in [-0.05, 0) is 48.5 Å². The maximum Gasteiger partial charge on any atom is 0.257 e. The van der Waals surface area contributed by atoms with E-state index < -0.39 is 0 Å². The Bertz CT molecular complexity index is 1060. The van der Waals surface area contributed by atoms with Gasteiger partial charge in [0.05, 0.1) is 5.56 Å². The number of nitrogens with zero attached hydrogens (tertiary/aromatic N) is 2. The van der Waals surface area contributed by atoms with Crippen molar-refractivity contribution in [1.82, 2.24) is 9.97 Å². The van der Waals surface area contributed by atoms with E-state index in [4.69, 9.17) is 16.0 Å². The van der Waals surface area contributed by atoms with E-state index in [1.54, 1.807) is 48.7 Å². The summed E-state index contributed by atoms with van der Waals surface area (Å²) in [7, 11) is 0. The molecule has 0 saturated heterocycles. The largest absolute Gasteiger partial charge is 0.436 e. The first kappa shape index (κ1) is 15.4. The molecule has 0 bridgehead atoms. The predicted molar refractivity (Wildman–Crippen MR) is 96.6 cm³/mol. The first-order valence-electron chi connectivity index (χ1n) is 7.57. The average Bonchev–Trinajstić information content (AvgIpc) is 3.06. The third-order valence-corrected chi connectivity index (χ3v) is 3.88. The molecule has 1 amide bonds. The fourth-order valence-corrected chi connectivity index (χ4v) is 2.64. The molecule has 2 aromatic heterocycles. The number of anilines is 1. The fraction of sp³-hybridized carbons (Fsp3) is 0. The Labute approximate surface area is 148 Å². The Balaban J connectivity index is 1.63. The minimum Gasteiger partial charge on any atom is -0.436 e. The van der Waals surface area contributed by atoms with Crippen molar-refractivity contribution in [3.63, 3.8) is 0 Å². The summed E-state index contributed by atoms with van der Waals surface area (Å²) in [6.45, 7) is 0. The molecule has 1 N–H and O–H groups in total. The van der Waals surface area contributed by atoms with E-state index in [-0.39, 0.29) is 5.91 Å². The number of rotatable bonds is 3. The standard InChI is InChI=1S/C19H12ClN3O2/c20-14-5-1-3-12(9-14)19-23-16-10-15(6-7-17(16)25-19)22-18(24)13-4-2-8-21-11-13/h1-11H,(H,22,24). The summed E-state index contributed by atoms with van der Waals surface area (Å²) in [5.74, 6) is 0.249. The quantitative estimate of drug-likeness (QED) is 0.577. The molecule has 2 heterocycles. The fourth-order valence-electron chi connectivity index (χ4n) is 2.45. The normalized spacial score (nSPS) is 10.8. The van der Waals surface area contributed by atoms with Gasteiger partial charge >= 0.3 is 0 Å². The van der Waals surface area contributed by atoms with Gasteiger partial charge in [-0.25, -0.2) is 4.98 Å². The van der Waals surface area contributed by atoms with E-state index in [9.17, 15) is 4.79 Å². The van der Waals surface area contributed by atoms with Crippen LogP contribution in [-0.2, 0) is 0 Å². The number of carbonyl (C=O) groups is 1. The number of carbonyl (C=O) groups excluding carboxylic acids is 1. The van der Waals surface area contributed by atoms with E-state index in [1.165, 1.54) is 6.20 Å². The number of hydrogen-bond donors (Lipinski definition) is 1. The smallest absolute Gasteiger partial charge is 0.257 e. The molecule has 4 rings (SSSR count). The van der Waals surface area contributed by atoms with Crippen LogP contribution in [0.1, 0.15) is 10.4 Å². The number of halogens is 1. The highest BCUT2D eigenvalue weighted by molar-refractivity contribution is 6.30. The van der Waals surface area contributed by atoms with Crippen molar-refractivity contribution in [3.8, 4) is 11.5 Å². The second-order valence-electron chi connectivity index (χ2n) is 5.41. The topological polar surface area (TPSA) is 68.0 Å². The number of pyridine rings is 1. The highest BCUT2D eigenvalue weighted by Gasteiger charge is 2.11. The van der Waals surface area contributed by atoms with Crippen LogP contribution in [0.25, 0.3) is 22.6 Å². The van der Waals surface area contributed by atoms with Gasteiger partial charge in [-0.15, -0.1) is 0 Å². The van der Waals surface area contributed by atoms with Crippen molar-refractivity contribution in [2.75, 3.05) is 5.32 Å². The van der Waals surface area contributed by atoms with Crippen molar-refractivity contribution in [1.29, 1.82) is 0 Å². The van der Waals surface area contributed by atoms with E-state index >= 15 is 0 Å². The molecule has 25 heavy (non-hydrogen) atoms. The monoisotopic (exact) mass is 349 g/mol. The first-order valence-corrected chi connectivity index (χ1v) is 7.95. The summed E-state index contributed by atoms with van der Waals surface area (Å²) in [5.41, 5.74) is 3.20. The van der Waals surface area contributed by atoms with Crippen LogP contribution >= 0.6 is 11.6 Å². The number of aromatic nitrogens is 2. The summed E-state index contributed by atoms with van der Waals surface area (Å²) in [4.78, 5) is 20.6. The maximum atomic E-state index is 12.2. The van der Waals surface area contributed by atoms with Crippen LogP contribution < -0.4 is 5.32 Å². The number of benzene rings is 2. The zero-order chi connectivity index (χ0) is 17.2. The van der Waals surface area contributed by atoms with Crippen molar-refractivity contribution in [3.05, 3.63) is 77.6 Å². The molecule has 0 aliphatic carbocycles. The van der Waals surface area contributed by atoms with Crippen LogP contribution in [0.2, 0.25) is 5.02 Å². The molecule has 0 aliphatic heterocycles. The molecular formula is C19H12ClN3O2. The second kappa shape index (κ2) is 6.37. The number of hydrogen-bond acceptors (Lipinski definition) is 4. The lowest BCUT2D eigenvalue weighted by atomic mass is 10.2. The summed E-state index contributed by atoms with van der Waals surface area (Å²) in [6, 6.07) is 16.0. The summed E-state index contributed by atoms with van der Waals surface area (Å²) < 4.78 is 5.76. The number of nitrogens with one attached hydrogen (secondary N) is 1. The molecule has 2 aromatic carbocycles. The summed E-state index contributed by atoms with van der Waals surface area (Å²) >= 11 is 6.01. The van der Waals surface area contributed by atoms with Gasteiger partial charge in [-0.3, -0.25) is 9.78 Å². The lowest BCUT2D eigenvalue weighted by Crippen LogP contribution is -2.11. The molecule has 0 fully saturated rings. The van der Waals surface area contributed by atoms with Gasteiger partial charge < -0.3 is 9.73 Å². The highest BCUT2D eigenvalue weighted by atomic mass is 35.5. The van der Waals surface area contributed by atoms with Gasteiger partial charge in [0.2, 0.25) is 5.89 Å². The first-order chi connectivity index (χ1) is 12.2. The highest BCUT2D eigenvalue weighted by Crippen LogP contribution is 2.27. The Hall–Kier alpha value is -3.18. The Morgan fingerprint density at radius 3 is 2.80 bits per heavy atom. The minimum atomic E-state index is -0.231. The molecule has 5 nitrogen and oxygen atoms in total. The molecule has 0 aliphatic rings. The molecule has 0 atom stereocenters. The molecule has 122 valence electrons. The van der Waals surface area contributed by atoms with Crippen LogP contribution in [0, 0.1) is 0 Å². The molecule has 6 heteroatoms. The molecule has 0 spiro atoms. The SMILES string of the molecule is O=C(Nc1ccc2oc(-c3cccc(Cl)c3)nc2c1)c1cccnc1. The average molecular weight is 350 g/mol. The van der Waals surface area contributed by atoms with Gasteiger partial charge in [0.1, 0.15) is 5.52 Å². The minimum absolute atomic E-state index is 0.231. The van der Waals surface area contributed by atoms with Gasteiger partial charge in [0.15, 0.2) is 5.58 Å². The summed E-state index contributed by atoms with van der Waals surface area (Å²) in [5, 5.41) is 3.44. The lowest BCUT2D eigenvalue weighted by Gasteiger charge is -2.04. The van der Waals surface area contributed by atoms with Crippen molar-refractivity contribution >= 4 is 34.3 Å². The Morgan fingerprint density at radius 2 is 2.00 bits per heavy atom. The van der Waals surface area contributed by atoms with E-state index in [0.29, 0.717) is 33.3 Å². The third-order valence-electron chi connectivity index (χ3n) is 3.64. The maximum absolute atomic E-state index is 12.2.